The summed E-state index contributed by atoms with van der Waals surface area (Å²) in [5.41, 5.74) is 0.943. The molecule has 1 atom stereocenters. The zero-order valence-corrected chi connectivity index (χ0v) is 14.6. The molecule has 6 heteroatoms. The average molecular weight is 352 g/mol. The quantitative estimate of drug-likeness (QED) is 0.755. The Bertz CT molecular complexity index is 951. The second-order valence-electron chi connectivity index (χ2n) is 6.28. The van der Waals surface area contributed by atoms with E-state index in [2.05, 4.69) is 10.3 Å². The summed E-state index contributed by atoms with van der Waals surface area (Å²) >= 11 is 0. The van der Waals surface area contributed by atoms with Crippen LogP contribution in [0.3, 0.4) is 0 Å². The van der Waals surface area contributed by atoms with Gasteiger partial charge in [-0.05, 0) is 23.6 Å². The lowest BCUT2D eigenvalue weighted by Crippen LogP contribution is -2.33. The molecule has 0 saturated carbocycles. The minimum absolute atomic E-state index is 0.0453. The van der Waals surface area contributed by atoms with Crippen molar-refractivity contribution in [3.8, 4) is 0 Å². The van der Waals surface area contributed by atoms with E-state index in [0.29, 0.717) is 10.9 Å². The van der Waals surface area contributed by atoms with Gasteiger partial charge >= 0.3 is 11.7 Å². The van der Waals surface area contributed by atoms with Crippen molar-refractivity contribution in [3.63, 3.8) is 0 Å². The van der Waals surface area contributed by atoms with Gasteiger partial charge in [-0.2, -0.15) is 0 Å². The number of nitrogens with one attached hydrogen (secondary N) is 1. The lowest BCUT2D eigenvalue weighted by atomic mass is 10.0. The molecular weight excluding hydrogens is 332 g/mol. The molecule has 26 heavy (non-hydrogen) atoms. The number of amides is 1. The highest BCUT2D eigenvalue weighted by molar-refractivity contribution is 5.76. The van der Waals surface area contributed by atoms with Gasteiger partial charge in [0.15, 0.2) is 0 Å². The van der Waals surface area contributed by atoms with E-state index in [-0.39, 0.29) is 18.4 Å². The number of fused-ring (bicyclic) bond motifs is 1. The first-order valence-corrected chi connectivity index (χ1v) is 8.41. The SMILES string of the molecule is CC(C)C(NC(=O)OCc1ccccc1)c1nc2ccccc2c(=O)o1. The van der Waals surface area contributed by atoms with Crippen molar-refractivity contribution in [2.45, 2.75) is 26.5 Å². The fraction of sp³-hybridized carbons (Fsp3) is 0.250. The largest absolute Gasteiger partial charge is 0.445 e. The molecule has 2 aromatic carbocycles. The number of para-hydroxylation sites is 1. The standard InChI is InChI=1S/C20H20N2O4/c1-13(2)17(22-20(24)25-12-14-8-4-3-5-9-14)18-21-16-11-7-6-10-15(16)19(23)26-18/h3-11,13,17H,12H2,1-2H3,(H,22,24). The van der Waals surface area contributed by atoms with Gasteiger partial charge in [0.2, 0.25) is 5.89 Å². The lowest BCUT2D eigenvalue weighted by Gasteiger charge is -2.20. The van der Waals surface area contributed by atoms with Gasteiger partial charge in [-0.15, -0.1) is 0 Å². The summed E-state index contributed by atoms with van der Waals surface area (Å²) in [5.74, 6) is 0.122. The molecule has 1 heterocycles. The van der Waals surface area contributed by atoms with Crippen LogP contribution in [-0.2, 0) is 11.3 Å². The number of hydrogen-bond donors (Lipinski definition) is 1. The first-order valence-electron chi connectivity index (χ1n) is 8.41. The van der Waals surface area contributed by atoms with E-state index < -0.39 is 17.8 Å². The predicted molar refractivity (Wildman–Crippen MR) is 97.6 cm³/mol. The van der Waals surface area contributed by atoms with Crippen LogP contribution in [0.2, 0.25) is 0 Å². The van der Waals surface area contributed by atoms with Crippen molar-refractivity contribution in [2.75, 3.05) is 0 Å². The monoisotopic (exact) mass is 352 g/mol. The molecule has 0 aliphatic heterocycles. The highest BCUT2D eigenvalue weighted by Crippen LogP contribution is 2.21. The van der Waals surface area contributed by atoms with Crippen LogP contribution in [0.1, 0.15) is 31.3 Å². The number of nitrogens with zero attached hydrogens (tertiary/aromatic N) is 1. The van der Waals surface area contributed by atoms with Crippen LogP contribution in [0.4, 0.5) is 4.79 Å². The second kappa shape index (κ2) is 7.82. The third-order valence-corrected chi connectivity index (χ3v) is 3.97. The highest BCUT2D eigenvalue weighted by atomic mass is 16.5. The minimum atomic E-state index is -0.592. The Morgan fingerprint density at radius 3 is 2.54 bits per heavy atom. The summed E-state index contributed by atoms with van der Waals surface area (Å²) < 4.78 is 10.6. The number of rotatable bonds is 5. The van der Waals surface area contributed by atoms with Crippen LogP contribution >= 0.6 is 0 Å². The van der Waals surface area contributed by atoms with Crippen molar-refractivity contribution >= 4 is 17.0 Å². The zero-order valence-electron chi connectivity index (χ0n) is 14.6. The fourth-order valence-electron chi connectivity index (χ4n) is 2.57. The maximum absolute atomic E-state index is 12.2. The molecular formula is C20H20N2O4. The summed E-state index contributed by atoms with van der Waals surface area (Å²) in [5, 5.41) is 3.15. The van der Waals surface area contributed by atoms with Crippen molar-refractivity contribution in [1.29, 1.82) is 0 Å². The number of aromatic nitrogens is 1. The van der Waals surface area contributed by atoms with Gasteiger partial charge < -0.3 is 14.5 Å². The number of alkyl carbamates (subject to hydrolysis) is 1. The summed E-state index contributed by atoms with van der Waals surface area (Å²) in [4.78, 5) is 28.7. The maximum Gasteiger partial charge on any atom is 0.408 e. The van der Waals surface area contributed by atoms with Crippen molar-refractivity contribution in [2.24, 2.45) is 5.92 Å². The Balaban J connectivity index is 1.77. The second-order valence-corrected chi connectivity index (χ2v) is 6.28. The van der Waals surface area contributed by atoms with Crippen LogP contribution in [0.15, 0.2) is 63.8 Å². The van der Waals surface area contributed by atoms with Crippen LogP contribution in [0.5, 0.6) is 0 Å². The molecule has 3 rings (SSSR count). The Labute approximate surface area is 150 Å². The van der Waals surface area contributed by atoms with Crippen LogP contribution in [-0.4, -0.2) is 11.1 Å². The number of ether oxygens (including phenoxy) is 1. The van der Waals surface area contributed by atoms with Gasteiger partial charge in [0.1, 0.15) is 12.6 Å². The van der Waals surface area contributed by atoms with Gasteiger partial charge in [-0.25, -0.2) is 14.6 Å². The molecule has 134 valence electrons. The first-order chi connectivity index (χ1) is 12.5. The Kier molecular flexibility index (Phi) is 5.31. The topological polar surface area (TPSA) is 81.4 Å². The molecule has 6 nitrogen and oxygen atoms in total. The van der Waals surface area contributed by atoms with Gasteiger partial charge in [-0.1, -0.05) is 56.3 Å². The molecule has 0 fully saturated rings. The van der Waals surface area contributed by atoms with Crippen LogP contribution < -0.4 is 10.9 Å². The smallest absolute Gasteiger partial charge is 0.408 e. The predicted octanol–water partition coefficient (Wildman–Crippen LogP) is 3.81. The molecule has 1 N–H and O–H groups in total. The fourth-order valence-corrected chi connectivity index (χ4v) is 2.57. The Morgan fingerprint density at radius 1 is 1.12 bits per heavy atom. The summed E-state index contributed by atoms with van der Waals surface area (Å²) in [6.45, 7) is 3.96. The van der Waals surface area contributed by atoms with Gasteiger partial charge in [-0.3, -0.25) is 0 Å². The molecule has 1 unspecified atom stereocenters. The zero-order chi connectivity index (χ0) is 18.5. The molecule has 0 aliphatic rings. The molecule has 0 bridgehead atoms. The van der Waals surface area contributed by atoms with Crippen LogP contribution in [0.25, 0.3) is 10.9 Å². The van der Waals surface area contributed by atoms with E-state index in [0.717, 1.165) is 5.56 Å². The number of carbonyl (C=O) groups excluding carboxylic acids is 1. The van der Waals surface area contributed by atoms with E-state index in [1.165, 1.54) is 0 Å². The lowest BCUT2D eigenvalue weighted by molar-refractivity contribution is 0.129. The van der Waals surface area contributed by atoms with Crippen molar-refractivity contribution < 1.29 is 13.9 Å². The average Bonchev–Trinajstić information content (AvgIpc) is 2.65. The van der Waals surface area contributed by atoms with Crippen molar-refractivity contribution in [3.05, 3.63) is 76.5 Å². The van der Waals surface area contributed by atoms with E-state index in [4.69, 9.17) is 9.15 Å². The normalized spacial score (nSPS) is 12.1. The number of benzene rings is 2. The van der Waals surface area contributed by atoms with E-state index >= 15 is 0 Å². The first kappa shape index (κ1) is 17.7. The van der Waals surface area contributed by atoms with E-state index in [1.807, 2.05) is 44.2 Å². The van der Waals surface area contributed by atoms with Gasteiger partial charge in [0, 0.05) is 0 Å². The van der Waals surface area contributed by atoms with E-state index in [9.17, 15) is 9.59 Å². The highest BCUT2D eigenvalue weighted by Gasteiger charge is 2.24. The minimum Gasteiger partial charge on any atom is -0.445 e. The summed E-state index contributed by atoms with van der Waals surface area (Å²) in [6, 6.07) is 15.8. The molecule has 0 spiro atoms. The summed E-state index contributed by atoms with van der Waals surface area (Å²) in [6.07, 6.45) is -0.592. The van der Waals surface area contributed by atoms with E-state index in [1.54, 1.807) is 24.3 Å². The molecule has 0 saturated heterocycles. The number of hydrogen-bond acceptors (Lipinski definition) is 5. The van der Waals surface area contributed by atoms with Crippen LogP contribution in [0, 0.1) is 5.92 Å². The number of carbonyl (C=O) groups is 1. The third kappa shape index (κ3) is 4.08. The maximum atomic E-state index is 12.2. The molecule has 0 radical (unpaired) electrons. The Morgan fingerprint density at radius 2 is 1.81 bits per heavy atom. The molecule has 1 amide bonds. The molecule has 3 aromatic rings. The molecule has 0 aliphatic carbocycles. The Hall–Kier alpha value is -3.15. The third-order valence-electron chi connectivity index (χ3n) is 3.97. The molecule has 1 aromatic heterocycles. The van der Waals surface area contributed by atoms with Gasteiger partial charge in [0.05, 0.1) is 10.9 Å². The van der Waals surface area contributed by atoms with Crippen molar-refractivity contribution in [1.82, 2.24) is 10.3 Å². The van der Waals surface area contributed by atoms with Gasteiger partial charge in [0.25, 0.3) is 0 Å². The summed E-state index contributed by atoms with van der Waals surface area (Å²) in [7, 11) is 0.